The van der Waals surface area contributed by atoms with Crippen LogP contribution in [0.25, 0.3) is 0 Å². The van der Waals surface area contributed by atoms with Gasteiger partial charge in [-0.05, 0) is 12.3 Å². The van der Waals surface area contributed by atoms with Crippen LogP contribution in [0.4, 0.5) is 0 Å². The van der Waals surface area contributed by atoms with E-state index >= 15 is 0 Å². The monoisotopic (exact) mass is 229 g/mol. The number of thioether (sulfide) groups is 1. The highest BCUT2D eigenvalue weighted by molar-refractivity contribution is 7.99. The van der Waals surface area contributed by atoms with Crippen molar-refractivity contribution in [3.05, 3.63) is 0 Å². The van der Waals surface area contributed by atoms with E-state index in [1.54, 1.807) is 11.8 Å². The fourth-order valence-electron chi connectivity index (χ4n) is 0.966. The number of terminal acetylenes is 1. The first-order valence-corrected chi connectivity index (χ1v) is 6.72. The molecule has 0 aromatic rings. The fraction of sp³-hybridized carbons (Fsp3) is 0.833. The highest BCUT2D eigenvalue weighted by Crippen LogP contribution is 1.98. The van der Waals surface area contributed by atoms with Gasteiger partial charge in [0.1, 0.15) is 0 Å². The Morgan fingerprint density at radius 3 is 2.80 bits per heavy atom. The molecule has 0 aromatic heterocycles. The van der Waals surface area contributed by atoms with Gasteiger partial charge in [0.25, 0.3) is 0 Å². The standard InChI is InChI=1S/C12H23NOS/c1-4-10-15-11-7-13-6-9-14-8-5-12(2)3/h1,12-13H,5-11H2,2-3H3. The van der Waals surface area contributed by atoms with Gasteiger partial charge in [0.15, 0.2) is 0 Å². The topological polar surface area (TPSA) is 21.3 Å². The molecule has 0 fully saturated rings. The van der Waals surface area contributed by atoms with E-state index in [9.17, 15) is 0 Å². The summed E-state index contributed by atoms with van der Waals surface area (Å²) in [4.78, 5) is 0. The molecule has 0 saturated carbocycles. The van der Waals surface area contributed by atoms with Crippen molar-refractivity contribution in [1.82, 2.24) is 5.32 Å². The molecule has 1 N–H and O–H groups in total. The molecule has 0 heterocycles. The lowest BCUT2D eigenvalue weighted by atomic mass is 10.1. The quantitative estimate of drug-likeness (QED) is 0.457. The third kappa shape index (κ3) is 13.8. The Hall–Kier alpha value is -0.170. The van der Waals surface area contributed by atoms with E-state index in [-0.39, 0.29) is 0 Å². The molecular formula is C12H23NOS. The van der Waals surface area contributed by atoms with Crippen LogP contribution >= 0.6 is 11.8 Å². The Bertz CT molecular complexity index is 165. The molecular weight excluding hydrogens is 206 g/mol. The van der Waals surface area contributed by atoms with Crippen molar-refractivity contribution in [2.75, 3.05) is 37.8 Å². The van der Waals surface area contributed by atoms with Crippen LogP contribution in [0.3, 0.4) is 0 Å². The lowest BCUT2D eigenvalue weighted by Gasteiger charge is -2.07. The van der Waals surface area contributed by atoms with Crippen molar-refractivity contribution in [3.8, 4) is 12.3 Å². The molecule has 2 nitrogen and oxygen atoms in total. The van der Waals surface area contributed by atoms with E-state index in [2.05, 4.69) is 25.1 Å². The Balaban J connectivity index is 2.90. The molecule has 3 heteroatoms. The lowest BCUT2D eigenvalue weighted by molar-refractivity contribution is 0.126. The van der Waals surface area contributed by atoms with Gasteiger partial charge in [-0.15, -0.1) is 18.2 Å². The molecule has 0 amide bonds. The third-order valence-electron chi connectivity index (χ3n) is 1.87. The van der Waals surface area contributed by atoms with Crippen LogP contribution in [0.15, 0.2) is 0 Å². The van der Waals surface area contributed by atoms with Gasteiger partial charge in [-0.3, -0.25) is 0 Å². The molecule has 0 radical (unpaired) electrons. The van der Waals surface area contributed by atoms with Crippen LogP contribution in [0.2, 0.25) is 0 Å². The summed E-state index contributed by atoms with van der Waals surface area (Å²) in [5.74, 6) is 5.23. The van der Waals surface area contributed by atoms with Gasteiger partial charge in [-0.1, -0.05) is 19.8 Å². The number of nitrogens with one attached hydrogen (secondary N) is 1. The van der Waals surface area contributed by atoms with Crippen LogP contribution in [0.5, 0.6) is 0 Å². The van der Waals surface area contributed by atoms with Crippen molar-refractivity contribution in [2.45, 2.75) is 20.3 Å². The summed E-state index contributed by atoms with van der Waals surface area (Å²) in [6.07, 6.45) is 6.29. The minimum atomic E-state index is 0.734. The first kappa shape index (κ1) is 14.8. The Kier molecular flexibility index (Phi) is 11.8. The summed E-state index contributed by atoms with van der Waals surface area (Å²) in [5, 5.41) is 3.32. The second-order valence-electron chi connectivity index (χ2n) is 3.80. The summed E-state index contributed by atoms with van der Waals surface area (Å²) in [7, 11) is 0. The van der Waals surface area contributed by atoms with Gasteiger partial charge in [0.05, 0.1) is 12.4 Å². The summed E-state index contributed by atoms with van der Waals surface area (Å²) in [6.45, 7) is 8.07. The summed E-state index contributed by atoms with van der Waals surface area (Å²) >= 11 is 1.79. The summed E-state index contributed by atoms with van der Waals surface area (Å²) in [6, 6.07) is 0. The molecule has 0 aliphatic heterocycles. The zero-order valence-corrected chi connectivity index (χ0v) is 10.7. The minimum absolute atomic E-state index is 0.734. The number of hydrogen-bond donors (Lipinski definition) is 1. The van der Waals surface area contributed by atoms with Crippen molar-refractivity contribution >= 4 is 11.8 Å². The number of rotatable bonds is 10. The van der Waals surface area contributed by atoms with Crippen LogP contribution in [-0.4, -0.2) is 37.8 Å². The van der Waals surface area contributed by atoms with Gasteiger partial charge in [0.2, 0.25) is 0 Å². The van der Waals surface area contributed by atoms with E-state index in [1.165, 1.54) is 0 Å². The molecule has 0 spiro atoms. The van der Waals surface area contributed by atoms with Gasteiger partial charge < -0.3 is 10.1 Å². The van der Waals surface area contributed by atoms with E-state index in [0.29, 0.717) is 0 Å². The first-order valence-electron chi connectivity index (χ1n) is 5.57. The highest BCUT2D eigenvalue weighted by atomic mass is 32.2. The average Bonchev–Trinajstić information content (AvgIpc) is 2.20. The third-order valence-corrected chi connectivity index (χ3v) is 2.73. The van der Waals surface area contributed by atoms with Crippen molar-refractivity contribution in [1.29, 1.82) is 0 Å². The van der Waals surface area contributed by atoms with Crippen LogP contribution in [-0.2, 0) is 4.74 Å². The first-order chi connectivity index (χ1) is 7.27. The summed E-state index contributed by atoms with van der Waals surface area (Å²) in [5.41, 5.74) is 0. The zero-order chi connectivity index (χ0) is 11.4. The van der Waals surface area contributed by atoms with Crippen LogP contribution in [0.1, 0.15) is 20.3 Å². The molecule has 88 valence electrons. The molecule has 0 atom stereocenters. The molecule has 0 aromatic carbocycles. The van der Waals surface area contributed by atoms with Gasteiger partial charge in [0, 0.05) is 25.4 Å². The predicted octanol–water partition coefficient (Wildman–Crippen LogP) is 2.01. The molecule has 0 rings (SSSR count). The SMILES string of the molecule is C#CCSCCNCCOCCC(C)C. The molecule has 0 aliphatic carbocycles. The van der Waals surface area contributed by atoms with Gasteiger partial charge in [-0.25, -0.2) is 0 Å². The van der Waals surface area contributed by atoms with Crippen molar-refractivity contribution in [3.63, 3.8) is 0 Å². The van der Waals surface area contributed by atoms with E-state index in [4.69, 9.17) is 11.2 Å². The smallest absolute Gasteiger partial charge is 0.0590 e. The van der Waals surface area contributed by atoms with Gasteiger partial charge in [-0.2, -0.15) is 0 Å². The Morgan fingerprint density at radius 2 is 2.13 bits per heavy atom. The molecule has 0 aliphatic rings. The van der Waals surface area contributed by atoms with Crippen molar-refractivity contribution in [2.24, 2.45) is 5.92 Å². The number of ether oxygens (including phenoxy) is 1. The molecule has 0 saturated heterocycles. The van der Waals surface area contributed by atoms with Crippen molar-refractivity contribution < 1.29 is 4.74 Å². The summed E-state index contributed by atoms with van der Waals surface area (Å²) < 4.78 is 5.47. The molecule has 15 heavy (non-hydrogen) atoms. The zero-order valence-electron chi connectivity index (χ0n) is 9.92. The fourth-order valence-corrected chi connectivity index (χ4v) is 1.52. The largest absolute Gasteiger partial charge is 0.380 e. The normalized spacial score (nSPS) is 10.5. The minimum Gasteiger partial charge on any atom is -0.380 e. The maximum Gasteiger partial charge on any atom is 0.0590 e. The maximum absolute atomic E-state index is 5.47. The average molecular weight is 229 g/mol. The van der Waals surface area contributed by atoms with E-state index < -0.39 is 0 Å². The van der Waals surface area contributed by atoms with E-state index in [0.717, 1.165) is 50.1 Å². The second-order valence-corrected chi connectivity index (χ2v) is 4.91. The Labute approximate surface area is 98.5 Å². The Morgan fingerprint density at radius 1 is 1.33 bits per heavy atom. The lowest BCUT2D eigenvalue weighted by Crippen LogP contribution is -2.22. The highest BCUT2D eigenvalue weighted by Gasteiger charge is 1.93. The van der Waals surface area contributed by atoms with Gasteiger partial charge >= 0.3 is 0 Å². The van der Waals surface area contributed by atoms with Crippen LogP contribution in [0, 0.1) is 18.3 Å². The van der Waals surface area contributed by atoms with E-state index in [1.807, 2.05) is 0 Å². The second kappa shape index (κ2) is 11.9. The predicted molar refractivity (Wildman–Crippen MR) is 69.3 cm³/mol. The van der Waals surface area contributed by atoms with Crippen LogP contribution < -0.4 is 5.32 Å². The maximum atomic E-state index is 5.47. The molecule has 0 bridgehead atoms. The molecule has 0 unspecified atom stereocenters. The number of hydrogen-bond acceptors (Lipinski definition) is 3.